The number of aromatic nitrogens is 2. The van der Waals surface area contributed by atoms with Gasteiger partial charge in [-0.2, -0.15) is 0 Å². The van der Waals surface area contributed by atoms with Crippen LogP contribution in [0.15, 0.2) is 18.5 Å². The fourth-order valence-corrected chi connectivity index (χ4v) is 1.98. The maximum Gasteiger partial charge on any atom is 0.142 e. The van der Waals surface area contributed by atoms with Crippen LogP contribution >= 0.6 is 0 Å². The van der Waals surface area contributed by atoms with Gasteiger partial charge in [0.15, 0.2) is 0 Å². The van der Waals surface area contributed by atoms with Crippen molar-refractivity contribution in [3.8, 4) is 0 Å². The molecule has 0 aliphatic carbocycles. The second-order valence-corrected chi connectivity index (χ2v) is 4.49. The number of rotatable bonds is 5. The van der Waals surface area contributed by atoms with E-state index < -0.39 is 0 Å². The predicted molar refractivity (Wildman–Crippen MR) is 67.7 cm³/mol. The molecule has 2 heterocycles. The fraction of sp³-hybridized carbons (Fsp3) is 0.667. The van der Waals surface area contributed by atoms with E-state index in [4.69, 9.17) is 0 Å². The SMILES string of the molecule is CN(CCN1CCNCC1)Cc1ncccn1. The first-order chi connectivity index (χ1) is 8.34. The third-order valence-electron chi connectivity index (χ3n) is 3.04. The van der Waals surface area contributed by atoms with Crippen molar-refractivity contribution in [3.05, 3.63) is 24.3 Å². The molecule has 0 spiro atoms. The number of piperazine rings is 1. The maximum absolute atomic E-state index is 4.24. The number of hydrogen-bond donors (Lipinski definition) is 1. The highest BCUT2D eigenvalue weighted by Gasteiger charge is 2.10. The van der Waals surface area contributed by atoms with Gasteiger partial charge in [-0.3, -0.25) is 9.80 Å². The summed E-state index contributed by atoms with van der Waals surface area (Å²) in [6, 6.07) is 1.85. The summed E-state index contributed by atoms with van der Waals surface area (Å²) in [4.78, 5) is 13.2. The Morgan fingerprint density at radius 2 is 2.00 bits per heavy atom. The van der Waals surface area contributed by atoms with Crippen LogP contribution in [-0.4, -0.2) is 66.1 Å². The van der Waals surface area contributed by atoms with Crippen molar-refractivity contribution in [1.82, 2.24) is 25.1 Å². The summed E-state index contributed by atoms with van der Waals surface area (Å²) < 4.78 is 0. The lowest BCUT2D eigenvalue weighted by Gasteiger charge is -2.28. The molecule has 1 saturated heterocycles. The number of nitrogens with zero attached hydrogens (tertiary/aromatic N) is 4. The Morgan fingerprint density at radius 1 is 1.29 bits per heavy atom. The average Bonchev–Trinajstić information content (AvgIpc) is 2.39. The van der Waals surface area contributed by atoms with Crippen LogP contribution in [0.4, 0.5) is 0 Å². The van der Waals surface area contributed by atoms with Crippen LogP contribution in [0.1, 0.15) is 5.82 Å². The summed E-state index contributed by atoms with van der Waals surface area (Å²) in [5.74, 6) is 0.898. The molecule has 5 nitrogen and oxygen atoms in total. The second kappa shape index (κ2) is 6.64. The van der Waals surface area contributed by atoms with Gasteiger partial charge in [0.2, 0.25) is 0 Å². The molecule has 94 valence electrons. The monoisotopic (exact) mass is 235 g/mol. The van der Waals surface area contributed by atoms with E-state index in [9.17, 15) is 0 Å². The van der Waals surface area contributed by atoms with E-state index in [-0.39, 0.29) is 0 Å². The Hall–Kier alpha value is -1.04. The third kappa shape index (κ3) is 4.38. The maximum atomic E-state index is 4.24. The van der Waals surface area contributed by atoms with Crippen LogP contribution in [0.2, 0.25) is 0 Å². The van der Waals surface area contributed by atoms with Crippen molar-refractivity contribution in [2.45, 2.75) is 6.54 Å². The molecule has 1 aliphatic rings. The van der Waals surface area contributed by atoms with Gasteiger partial charge in [-0.1, -0.05) is 0 Å². The van der Waals surface area contributed by atoms with Gasteiger partial charge in [0, 0.05) is 51.7 Å². The van der Waals surface area contributed by atoms with Crippen molar-refractivity contribution in [2.24, 2.45) is 0 Å². The third-order valence-corrected chi connectivity index (χ3v) is 3.04. The highest BCUT2D eigenvalue weighted by atomic mass is 15.2. The van der Waals surface area contributed by atoms with E-state index in [2.05, 4.69) is 32.1 Å². The highest BCUT2D eigenvalue weighted by Crippen LogP contribution is 1.97. The lowest BCUT2D eigenvalue weighted by Crippen LogP contribution is -2.45. The molecular weight excluding hydrogens is 214 g/mol. The molecule has 1 aromatic rings. The van der Waals surface area contributed by atoms with Crippen LogP contribution in [0, 0.1) is 0 Å². The van der Waals surface area contributed by atoms with Crippen molar-refractivity contribution in [1.29, 1.82) is 0 Å². The van der Waals surface area contributed by atoms with Gasteiger partial charge < -0.3 is 5.32 Å². The number of likely N-dealkylation sites (N-methyl/N-ethyl adjacent to an activating group) is 1. The molecule has 1 fully saturated rings. The second-order valence-electron chi connectivity index (χ2n) is 4.49. The molecule has 0 saturated carbocycles. The molecule has 0 unspecified atom stereocenters. The first-order valence-electron chi connectivity index (χ1n) is 6.22. The zero-order valence-corrected chi connectivity index (χ0v) is 10.5. The largest absolute Gasteiger partial charge is 0.314 e. The van der Waals surface area contributed by atoms with Crippen molar-refractivity contribution >= 4 is 0 Å². The smallest absolute Gasteiger partial charge is 0.142 e. The minimum atomic E-state index is 0.826. The van der Waals surface area contributed by atoms with Gasteiger partial charge in [-0.15, -0.1) is 0 Å². The Kier molecular flexibility index (Phi) is 4.85. The molecular formula is C12H21N5. The molecule has 0 bridgehead atoms. The van der Waals surface area contributed by atoms with E-state index in [1.165, 1.54) is 0 Å². The van der Waals surface area contributed by atoms with E-state index in [0.717, 1.165) is 51.6 Å². The topological polar surface area (TPSA) is 44.3 Å². The summed E-state index contributed by atoms with van der Waals surface area (Å²) in [6.07, 6.45) is 3.60. The van der Waals surface area contributed by atoms with Gasteiger partial charge in [0.1, 0.15) is 5.82 Å². The van der Waals surface area contributed by atoms with Crippen LogP contribution in [0.3, 0.4) is 0 Å². The van der Waals surface area contributed by atoms with Crippen molar-refractivity contribution in [2.75, 3.05) is 46.3 Å². The molecule has 2 rings (SSSR count). The van der Waals surface area contributed by atoms with Crippen molar-refractivity contribution in [3.63, 3.8) is 0 Å². The summed E-state index contributed by atoms with van der Waals surface area (Å²) in [5, 5.41) is 3.37. The Labute approximate surface area is 103 Å². The van der Waals surface area contributed by atoms with Gasteiger partial charge in [0.05, 0.1) is 6.54 Å². The minimum absolute atomic E-state index is 0.826. The molecule has 0 radical (unpaired) electrons. The van der Waals surface area contributed by atoms with Gasteiger partial charge in [0.25, 0.3) is 0 Å². The molecule has 17 heavy (non-hydrogen) atoms. The summed E-state index contributed by atoms with van der Waals surface area (Å²) >= 11 is 0. The molecule has 0 aromatic carbocycles. The number of hydrogen-bond acceptors (Lipinski definition) is 5. The normalized spacial score (nSPS) is 17.5. The Morgan fingerprint density at radius 3 is 2.71 bits per heavy atom. The molecule has 1 aromatic heterocycles. The highest BCUT2D eigenvalue weighted by molar-refractivity contribution is 4.88. The first-order valence-corrected chi connectivity index (χ1v) is 6.22. The van der Waals surface area contributed by atoms with Crippen LogP contribution < -0.4 is 5.32 Å². The van der Waals surface area contributed by atoms with Crippen LogP contribution in [0.25, 0.3) is 0 Å². The standard InChI is InChI=1S/C12H21N5/c1-16(11-12-14-3-2-4-15-12)9-10-17-7-5-13-6-8-17/h2-4,13H,5-11H2,1H3. The predicted octanol–water partition coefficient (Wildman–Crippen LogP) is -0.186. The average molecular weight is 235 g/mol. The van der Waals surface area contributed by atoms with Gasteiger partial charge >= 0.3 is 0 Å². The molecule has 1 N–H and O–H groups in total. The molecule has 0 amide bonds. The first kappa shape index (κ1) is 12.4. The van der Waals surface area contributed by atoms with Crippen molar-refractivity contribution < 1.29 is 0 Å². The van der Waals surface area contributed by atoms with Crippen LogP contribution in [0.5, 0.6) is 0 Å². The lowest BCUT2D eigenvalue weighted by molar-refractivity contribution is 0.200. The minimum Gasteiger partial charge on any atom is -0.314 e. The summed E-state index contributed by atoms with van der Waals surface area (Å²) in [7, 11) is 2.12. The summed E-state index contributed by atoms with van der Waals surface area (Å²) in [6.45, 7) is 7.58. The molecule has 0 atom stereocenters. The van der Waals surface area contributed by atoms with E-state index in [0.29, 0.717) is 0 Å². The summed E-state index contributed by atoms with van der Waals surface area (Å²) in [5.41, 5.74) is 0. The quantitative estimate of drug-likeness (QED) is 0.766. The van der Waals surface area contributed by atoms with Gasteiger partial charge in [-0.05, 0) is 13.1 Å². The Bertz CT molecular complexity index is 310. The van der Waals surface area contributed by atoms with E-state index >= 15 is 0 Å². The van der Waals surface area contributed by atoms with E-state index in [1.807, 2.05) is 6.07 Å². The number of nitrogens with one attached hydrogen (secondary N) is 1. The zero-order valence-electron chi connectivity index (χ0n) is 10.5. The molecule has 1 aliphatic heterocycles. The zero-order chi connectivity index (χ0) is 11.9. The van der Waals surface area contributed by atoms with Gasteiger partial charge in [-0.25, -0.2) is 9.97 Å². The fourth-order valence-electron chi connectivity index (χ4n) is 1.98. The Balaban J connectivity index is 1.68. The van der Waals surface area contributed by atoms with E-state index in [1.54, 1.807) is 12.4 Å². The molecule has 5 heteroatoms. The van der Waals surface area contributed by atoms with Crippen LogP contribution in [-0.2, 0) is 6.54 Å². The lowest BCUT2D eigenvalue weighted by atomic mass is 10.3.